The fraction of sp³-hybridized carbons (Fsp3) is 0.0476. The lowest BCUT2D eigenvalue weighted by atomic mass is 10.2. The van der Waals surface area contributed by atoms with E-state index in [0.29, 0.717) is 17.2 Å². The van der Waals surface area contributed by atoms with Crippen LogP contribution in [-0.4, -0.2) is 14.5 Å². The van der Waals surface area contributed by atoms with E-state index in [2.05, 4.69) is 9.97 Å². The van der Waals surface area contributed by atoms with Gasteiger partial charge in [0.05, 0.1) is 16.6 Å². The number of rotatable bonds is 3. The summed E-state index contributed by atoms with van der Waals surface area (Å²) in [5, 5.41) is 0. The molecule has 0 saturated heterocycles. The molecule has 0 saturated carbocycles. The summed E-state index contributed by atoms with van der Waals surface area (Å²) < 4.78 is 40.9. The zero-order valence-electron chi connectivity index (χ0n) is 14.1. The van der Waals surface area contributed by atoms with Crippen molar-refractivity contribution in [1.82, 2.24) is 14.5 Å². The van der Waals surface area contributed by atoms with Gasteiger partial charge in [-0.2, -0.15) is 13.2 Å². The summed E-state index contributed by atoms with van der Waals surface area (Å²) in [5.41, 5.74) is 1.07. The lowest BCUT2D eigenvalue weighted by molar-refractivity contribution is -0.137. The molecular weight excluding hydrogens is 351 g/mol. The van der Waals surface area contributed by atoms with E-state index in [1.165, 1.54) is 6.07 Å². The molecule has 0 radical (unpaired) electrons. The Balaban J connectivity index is 1.89. The molecular formula is C21H14F3N3. The van der Waals surface area contributed by atoms with Crippen molar-refractivity contribution in [3.63, 3.8) is 0 Å². The normalized spacial score (nSPS) is 12.1. The van der Waals surface area contributed by atoms with E-state index in [9.17, 15) is 13.2 Å². The van der Waals surface area contributed by atoms with Crippen LogP contribution in [-0.2, 0) is 6.18 Å². The molecule has 0 aliphatic carbocycles. The van der Waals surface area contributed by atoms with Crippen molar-refractivity contribution < 1.29 is 13.2 Å². The fourth-order valence-corrected chi connectivity index (χ4v) is 2.85. The SMILES string of the molecule is FC(F)(F)c1ccc2c(c1)nc(C=Cc1ccccc1)n2-c1ccccn1. The van der Waals surface area contributed by atoms with Crippen LogP contribution in [0, 0.1) is 0 Å². The first-order valence-corrected chi connectivity index (χ1v) is 8.26. The Bertz CT molecular complexity index is 1100. The van der Waals surface area contributed by atoms with Crippen molar-refractivity contribution in [3.05, 3.63) is 89.9 Å². The molecule has 0 bridgehead atoms. The third kappa shape index (κ3) is 3.46. The van der Waals surface area contributed by atoms with Gasteiger partial charge in [0, 0.05) is 6.20 Å². The zero-order chi connectivity index (χ0) is 18.9. The highest BCUT2D eigenvalue weighted by molar-refractivity contribution is 5.82. The van der Waals surface area contributed by atoms with Crippen LogP contribution in [0.3, 0.4) is 0 Å². The Morgan fingerprint density at radius 3 is 2.33 bits per heavy atom. The van der Waals surface area contributed by atoms with E-state index >= 15 is 0 Å². The number of aromatic nitrogens is 3. The molecule has 2 aromatic carbocycles. The standard InChI is InChI=1S/C21H14F3N3/c22-21(23,24)16-10-11-18-17(14-16)26-20(12-9-15-6-2-1-3-7-15)27(18)19-8-4-5-13-25-19/h1-14H. The van der Waals surface area contributed by atoms with Crippen LogP contribution in [0.1, 0.15) is 17.0 Å². The van der Waals surface area contributed by atoms with E-state index < -0.39 is 11.7 Å². The Labute approximate surface area is 153 Å². The van der Waals surface area contributed by atoms with Gasteiger partial charge in [-0.1, -0.05) is 42.5 Å². The smallest absolute Gasteiger partial charge is 0.277 e. The second-order valence-electron chi connectivity index (χ2n) is 5.94. The summed E-state index contributed by atoms with van der Waals surface area (Å²) in [6, 6.07) is 18.6. The summed E-state index contributed by atoms with van der Waals surface area (Å²) in [7, 11) is 0. The highest BCUT2D eigenvalue weighted by Crippen LogP contribution is 2.32. The lowest BCUT2D eigenvalue weighted by Crippen LogP contribution is -2.04. The summed E-state index contributed by atoms with van der Waals surface area (Å²) >= 11 is 0. The second-order valence-corrected chi connectivity index (χ2v) is 5.94. The quantitative estimate of drug-likeness (QED) is 0.472. The van der Waals surface area contributed by atoms with Crippen LogP contribution >= 0.6 is 0 Å². The van der Waals surface area contributed by atoms with Gasteiger partial charge < -0.3 is 0 Å². The number of hydrogen-bond acceptors (Lipinski definition) is 2. The largest absolute Gasteiger partial charge is 0.416 e. The van der Waals surface area contributed by atoms with Crippen molar-refractivity contribution >= 4 is 23.2 Å². The molecule has 3 nitrogen and oxygen atoms in total. The molecule has 0 atom stereocenters. The summed E-state index contributed by atoms with van der Waals surface area (Å²) in [5.74, 6) is 1.10. The predicted molar refractivity (Wildman–Crippen MR) is 99.2 cm³/mol. The average Bonchev–Trinajstić information content (AvgIpc) is 3.05. The van der Waals surface area contributed by atoms with Crippen molar-refractivity contribution in [2.45, 2.75) is 6.18 Å². The summed E-state index contributed by atoms with van der Waals surface area (Å²) in [4.78, 5) is 8.74. The Morgan fingerprint density at radius 2 is 1.63 bits per heavy atom. The van der Waals surface area contributed by atoms with Crippen LogP contribution in [0.2, 0.25) is 0 Å². The molecule has 4 rings (SSSR count). The number of imidazole rings is 1. The monoisotopic (exact) mass is 365 g/mol. The van der Waals surface area contributed by atoms with Gasteiger partial charge in [0.15, 0.2) is 0 Å². The van der Waals surface area contributed by atoms with Gasteiger partial charge in [-0.15, -0.1) is 0 Å². The summed E-state index contributed by atoms with van der Waals surface area (Å²) in [6.45, 7) is 0. The maximum absolute atomic E-state index is 13.1. The van der Waals surface area contributed by atoms with Gasteiger partial charge in [-0.25, -0.2) is 9.97 Å². The van der Waals surface area contributed by atoms with Crippen LogP contribution in [0.15, 0.2) is 72.9 Å². The first kappa shape index (κ1) is 17.0. The third-order valence-corrected chi connectivity index (χ3v) is 4.11. The highest BCUT2D eigenvalue weighted by atomic mass is 19.4. The molecule has 134 valence electrons. The molecule has 0 spiro atoms. The van der Waals surface area contributed by atoms with Gasteiger partial charge in [0.1, 0.15) is 11.6 Å². The van der Waals surface area contributed by atoms with Crippen LogP contribution in [0.5, 0.6) is 0 Å². The van der Waals surface area contributed by atoms with Crippen molar-refractivity contribution in [2.75, 3.05) is 0 Å². The second kappa shape index (κ2) is 6.72. The number of benzene rings is 2. The maximum atomic E-state index is 13.1. The first-order chi connectivity index (χ1) is 13.0. The Hall–Kier alpha value is -3.41. The third-order valence-electron chi connectivity index (χ3n) is 4.11. The van der Waals surface area contributed by atoms with Crippen molar-refractivity contribution in [2.24, 2.45) is 0 Å². The molecule has 0 unspecified atom stereocenters. The van der Waals surface area contributed by atoms with Crippen LogP contribution in [0.25, 0.3) is 29.0 Å². The predicted octanol–water partition coefficient (Wildman–Crippen LogP) is 5.61. The fourth-order valence-electron chi connectivity index (χ4n) is 2.85. The molecule has 4 aromatic rings. The van der Waals surface area contributed by atoms with Gasteiger partial charge in [0.25, 0.3) is 0 Å². The van der Waals surface area contributed by atoms with Gasteiger partial charge in [-0.05, 0) is 42.0 Å². The zero-order valence-corrected chi connectivity index (χ0v) is 14.1. The number of pyridine rings is 1. The van der Waals surface area contributed by atoms with Gasteiger partial charge in [0.2, 0.25) is 0 Å². The molecule has 0 N–H and O–H groups in total. The van der Waals surface area contributed by atoms with Crippen molar-refractivity contribution in [3.8, 4) is 5.82 Å². The Kier molecular flexibility index (Phi) is 4.24. The van der Waals surface area contributed by atoms with E-state index in [0.717, 1.165) is 17.7 Å². The molecule has 0 aliphatic rings. The number of hydrogen-bond donors (Lipinski definition) is 0. The van der Waals surface area contributed by atoms with Crippen LogP contribution < -0.4 is 0 Å². The van der Waals surface area contributed by atoms with Crippen molar-refractivity contribution in [1.29, 1.82) is 0 Å². The minimum absolute atomic E-state index is 0.267. The van der Waals surface area contributed by atoms with E-state index in [1.807, 2.05) is 42.5 Å². The number of alkyl halides is 3. The van der Waals surface area contributed by atoms with Crippen LogP contribution in [0.4, 0.5) is 13.2 Å². The molecule has 2 heterocycles. The Morgan fingerprint density at radius 1 is 0.852 bits per heavy atom. The van der Waals surface area contributed by atoms with E-state index in [4.69, 9.17) is 0 Å². The topological polar surface area (TPSA) is 30.7 Å². The minimum Gasteiger partial charge on any atom is -0.277 e. The number of halogens is 3. The number of nitrogens with zero attached hydrogens (tertiary/aromatic N) is 3. The molecule has 0 fully saturated rings. The molecule has 2 aromatic heterocycles. The van der Waals surface area contributed by atoms with Gasteiger partial charge >= 0.3 is 6.18 Å². The maximum Gasteiger partial charge on any atom is 0.416 e. The van der Waals surface area contributed by atoms with E-state index in [1.54, 1.807) is 29.0 Å². The molecule has 27 heavy (non-hydrogen) atoms. The number of fused-ring (bicyclic) bond motifs is 1. The molecule has 0 amide bonds. The molecule has 0 aliphatic heterocycles. The van der Waals surface area contributed by atoms with E-state index in [-0.39, 0.29) is 5.52 Å². The highest BCUT2D eigenvalue weighted by Gasteiger charge is 2.31. The first-order valence-electron chi connectivity index (χ1n) is 8.26. The lowest BCUT2D eigenvalue weighted by Gasteiger charge is -2.08. The molecule has 6 heteroatoms. The summed E-state index contributed by atoms with van der Waals surface area (Å²) in [6.07, 6.45) is 0.863. The average molecular weight is 365 g/mol. The van der Waals surface area contributed by atoms with Gasteiger partial charge in [-0.3, -0.25) is 4.57 Å². The minimum atomic E-state index is -4.41.